The lowest BCUT2D eigenvalue weighted by atomic mass is 9.85. The van der Waals surface area contributed by atoms with E-state index in [1.165, 1.54) is 5.56 Å². The normalized spacial score (nSPS) is 15.8. The predicted molar refractivity (Wildman–Crippen MR) is 130 cm³/mol. The molecule has 0 bridgehead atoms. The molecule has 1 aliphatic heterocycles. The monoisotopic (exact) mass is 441 g/mol. The molecule has 1 aliphatic rings. The van der Waals surface area contributed by atoms with Crippen LogP contribution >= 0.6 is 0 Å². The molecule has 0 amide bonds. The van der Waals surface area contributed by atoms with Gasteiger partial charge in [-0.25, -0.2) is 0 Å². The third-order valence-corrected chi connectivity index (χ3v) is 5.90. The first-order valence-corrected chi connectivity index (χ1v) is 11.5. The Bertz CT molecular complexity index is 901. The Morgan fingerprint density at radius 1 is 1.22 bits per heavy atom. The van der Waals surface area contributed by atoms with Gasteiger partial charge in [0.2, 0.25) is 0 Å². The van der Waals surface area contributed by atoms with Crippen molar-refractivity contribution in [2.45, 2.75) is 78.9 Å². The highest BCUT2D eigenvalue weighted by Gasteiger charge is 2.24. The molecule has 0 fully saturated rings. The third kappa shape index (κ3) is 6.73. The summed E-state index contributed by atoms with van der Waals surface area (Å²) in [7, 11) is 1.62. The first-order chi connectivity index (χ1) is 15.1. The van der Waals surface area contributed by atoms with Crippen LogP contribution in [-0.4, -0.2) is 30.2 Å². The summed E-state index contributed by atoms with van der Waals surface area (Å²) in [4.78, 5) is 12.2. The predicted octanol–water partition coefficient (Wildman–Crippen LogP) is 5.15. The van der Waals surface area contributed by atoms with Crippen molar-refractivity contribution in [1.29, 1.82) is 0 Å². The van der Waals surface area contributed by atoms with E-state index in [-0.39, 0.29) is 11.2 Å². The van der Waals surface area contributed by atoms with Crippen LogP contribution in [0.25, 0.3) is 0 Å². The zero-order valence-corrected chi connectivity index (χ0v) is 20.4. The Balaban J connectivity index is 0.000000255. The van der Waals surface area contributed by atoms with Crippen LogP contribution in [0.1, 0.15) is 64.2 Å². The maximum absolute atomic E-state index is 12.2. The smallest absolute Gasteiger partial charge is 0.142 e. The molecule has 0 saturated carbocycles. The zero-order valence-electron chi connectivity index (χ0n) is 20.4. The molecule has 1 heterocycles. The topological polar surface area (TPSA) is 81.8 Å². The van der Waals surface area contributed by atoms with E-state index in [0.717, 1.165) is 41.2 Å². The number of anilines is 1. The van der Waals surface area contributed by atoms with Gasteiger partial charge in [0.05, 0.1) is 13.2 Å². The number of aliphatic hydroxyl groups is 1. The van der Waals surface area contributed by atoms with Gasteiger partial charge in [0.1, 0.15) is 23.4 Å². The van der Waals surface area contributed by atoms with Crippen LogP contribution in [0.15, 0.2) is 36.4 Å². The molecule has 0 spiro atoms. The number of carbonyl (C=O) groups excluding carboxylic acids is 1. The van der Waals surface area contributed by atoms with E-state index in [2.05, 4.69) is 6.92 Å². The summed E-state index contributed by atoms with van der Waals surface area (Å²) in [6.45, 7) is 9.86. The van der Waals surface area contributed by atoms with Gasteiger partial charge in [-0.3, -0.25) is 4.79 Å². The third-order valence-electron chi connectivity index (χ3n) is 5.90. The second-order valence-corrected chi connectivity index (χ2v) is 9.39. The highest BCUT2D eigenvalue weighted by atomic mass is 16.5. The maximum Gasteiger partial charge on any atom is 0.142 e. The minimum absolute atomic E-state index is 0.193. The van der Waals surface area contributed by atoms with Gasteiger partial charge in [-0.2, -0.15) is 0 Å². The summed E-state index contributed by atoms with van der Waals surface area (Å²) < 4.78 is 11.0. The summed E-state index contributed by atoms with van der Waals surface area (Å²) in [5.41, 5.74) is 9.40. The van der Waals surface area contributed by atoms with Crippen molar-refractivity contribution in [3.05, 3.63) is 53.1 Å². The number of Topliss-reactive ketones (excluding diaryl/α,β-unsaturated/α-hetero) is 1. The van der Waals surface area contributed by atoms with Gasteiger partial charge in [0, 0.05) is 41.5 Å². The van der Waals surface area contributed by atoms with E-state index in [1.807, 2.05) is 64.1 Å². The molecule has 32 heavy (non-hydrogen) atoms. The number of ether oxygens (including phenoxy) is 2. The standard InChI is InChI=1S/C17H26O3.C10H13NO/c1-6-13(18)11-14-12(8-7-9-15(14)20-5)10-16(19)17(2,3)4;1-2-7-6-8-9(11)4-3-5-10(8)12-7/h7-9,13,18H,6,10-11H2,1-5H3;3-5,7H,2,6,11H2,1H3. The molecule has 5 heteroatoms. The quantitative estimate of drug-likeness (QED) is 0.581. The second kappa shape index (κ2) is 11.4. The summed E-state index contributed by atoms with van der Waals surface area (Å²) in [6, 6.07) is 11.6. The number of carbonyl (C=O) groups is 1. The lowest BCUT2D eigenvalue weighted by Crippen LogP contribution is -2.23. The number of nitrogen functional groups attached to an aromatic ring is 1. The van der Waals surface area contributed by atoms with Crippen molar-refractivity contribution in [1.82, 2.24) is 0 Å². The van der Waals surface area contributed by atoms with Crippen LogP contribution in [0.5, 0.6) is 11.5 Å². The number of hydrogen-bond donors (Lipinski definition) is 2. The zero-order chi connectivity index (χ0) is 23.9. The van der Waals surface area contributed by atoms with Crippen LogP contribution < -0.4 is 15.2 Å². The average Bonchev–Trinajstić information content (AvgIpc) is 3.19. The molecule has 2 aromatic carbocycles. The molecular weight excluding hydrogens is 402 g/mol. The fourth-order valence-electron chi connectivity index (χ4n) is 3.61. The number of hydrogen-bond acceptors (Lipinski definition) is 5. The van der Waals surface area contributed by atoms with Gasteiger partial charge >= 0.3 is 0 Å². The van der Waals surface area contributed by atoms with E-state index in [0.29, 0.717) is 25.4 Å². The highest BCUT2D eigenvalue weighted by Crippen LogP contribution is 2.33. The van der Waals surface area contributed by atoms with Crippen LogP contribution in [0, 0.1) is 5.41 Å². The largest absolute Gasteiger partial charge is 0.496 e. The summed E-state index contributed by atoms with van der Waals surface area (Å²) >= 11 is 0. The number of benzene rings is 2. The van der Waals surface area contributed by atoms with Gasteiger partial charge in [-0.15, -0.1) is 0 Å². The molecule has 0 saturated heterocycles. The molecule has 3 rings (SSSR count). The first kappa shape index (κ1) is 25.7. The average molecular weight is 442 g/mol. The van der Waals surface area contributed by atoms with Gasteiger partial charge in [-0.05, 0) is 36.6 Å². The van der Waals surface area contributed by atoms with Crippen LogP contribution in [0.3, 0.4) is 0 Å². The molecule has 176 valence electrons. The molecule has 0 aliphatic carbocycles. The lowest BCUT2D eigenvalue weighted by molar-refractivity contribution is -0.125. The minimum Gasteiger partial charge on any atom is -0.496 e. The minimum atomic E-state index is -0.408. The molecule has 0 aromatic heterocycles. The van der Waals surface area contributed by atoms with Crippen molar-refractivity contribution in [2.75, 3.05) is 12.8 Å². The van der Waals surface area contributed by atoms with Gasteiger partial charge in [-0.1, -0.05) is 52.8 Å². The second-order valence-electron chi connectivity index (χ2n) is 9.39. The summed E-state index contributed by atoms with van der Waals surface area (Å²) in [6.07, 6.45) is 3.54. The van der Waals surface area contributed by atoms with E-state index < -0.39 is 6.10 Å². The summed E-state index contributed by atoms with van der Waals surface area (Å²) in [5, 5.41) is 9.91. The Labute approximate surface area is 192 Å². The van der Waals surface area contributed by atoms with E-state index >= 15 is 0 Å². The fraction of sp³-hybridized carbons (Fsp3) is 0.519. The summed E-state index contributed by atoms with van der Waals surface area (Å²) in [5.74, 6) is 1.91. The van der Waals surface area contributed by atoms with E-state index in [1.54, 1.807) is 7.11 Å². The van der Waals surface area contributed by atoms with E-state index in [9.17, 15) is 9.90 Å². The number of nitrogens with two attached hydrogens (primary N) is 1. The number of fused-ring (bicyclic) bond motifs is 1. The highest BCUT2D eigenvalue weighted by molar-refractivity contribution is 5.86. The lowest BCUT2D eigenvalue weighted by Gasteiger charge is -2.20. The number of methoxy groups -OCH3 is 1. The van der Waals surface area contributed by atoms with Crippen molar-refractivity contribution in [3.63, 3.8) is 0 Å². The Morgan fingerprint density at radius 2 is 1.91 bits per heavy atom. The molecule has 0 radical (unpaired) electrons. The molecule has 3 N–H and O–H groups in total. The van der Waals surface area contributed by atoms with Crippen LogP contribution in [0.4, 0.5) is 5.69 Å². The van der Waals surface area contributed by atoms with Gasteiger partial charge < -0.3 is 20.3 Å². The van der Waals surface area contributed by atoms with Gasteiger partial charge in [0.15, 0.2) is 0 Å². The van der Waals surface area contributed by atoms with Crippen molar-refractivity contribution in [2.24, 2.45) is 5.41 Å². The molecular formula is C27H39NO4. The number of ketones is 1. The van der Waals surface area contributed by atoms with Crippen LogP contribution in [-0.2, 0) is 24.1 Å². The fourth-order valence-corrected chi connectivity index (χ4v) is 3.61. The van der Waals surface area contributed by atoms with E-state index in [4.69, 9.17) is 15.2 Å². The number of rotatable bonds is 7. The SMILES string of the molecule is CCC(O)Cc1c(CC(=O)C(C)(C)C)cccc1OC.CCC1Cc2c(N)cccc2O1. The van der Waals surface area contributed by atoms with Crippen molar-refractivity contribution >= 4 is 11.5 Å². The molecule has 2 atom stereocenters. The molecule has 2 unspecified atom stereocenters. The van der Waals surface area contributed by atoms with Crippen molar-refractivity contribution in [3.8, 4) is 11.5 Å². The first-order valence-electron chi connectivity index (χ1n) is 11.5. The van der Waals surface area contributed by atoms with Crippen molar-refractivity contribution < 1.29 is 19.4 Å². The maximum atomic E-state index is 12.2. The Hall–Kier alpha value is -2.53. The van der Waals surface area contributed by atoms with Gasteiger partial charge in [0.25, 0.3) is 0 Å². The number of aliphatic hydroxyl groups excluding tert-OH is 1. The molecule has 5 nitrogen and oxygen atoms in total. The Morgan fingerprint density at radius 3 is 2.47 bits per heavy atom. The Kier molecular flexibility index (Phi) is 9.14. The van der Waals surface area contributed by atoms with Crippen LogP contribution in [0.2, 0.25) is 0 Å². The molecule has 2 aromatic rings.